The second-order valence-corrected chi connectivity index (χ2v) is 4.01. The molecule has 0 aromatic carbocycles. The molecule has 1 aliphatic rings. The van der Waals surface area contributed by atoms with Crippen molar-refractivity contribution in [3.8, 4) is 0 Å². The topological polar surface area (TPSA) is 56.7 Å². The summed E-state index contributed by atoms with van der Waals surface area (Å²) in [5, 5.41) is 0. The molecule has 3 rings (SSSR count). The van der Waals surface area contributed by atoms with E-state index in [1.54, 1.807) is 0 Å². The van der Waals surface area contributed by atoms with Crippen LogP contribution in [0.25, 0.3) is 11.2 Å². The number of rotatable bonds is 3. The Balaban J connectivity index is 2.19. The lowest BCUT2D eigenvalue weighted by Gasteiger charge is -2.04. The fourth-order valence-electron chi connectivity index (χ4n) is 2.00. The van der Waals surface area contributed by atoms with Crippen LogP contribution in [0.1, 0.15) is 24.7 Å². The molecule has 2 heterocycles. The molecule has 0 radical (unpaired) electrons. The van der Waals surface area contributed by atoms with Crippen LogP contribution in [-0.4, -0.2) is 21.1 Å². The van der Waals surface area contributed by atoms with Crippen LogP contribution in [-0.2, 0) is 6.42 Å². The van der Waals surface area contributed by atoms with Crippen molar-refractivity contribution < 1.29 is 0 Å². The molecule has 1 fully saturated rings. The number of nitrogens with two attached hydrogens (primary N) is 1. The highest BCUT2D eigenvalue weighted by Gasteiger charge is 2.28. The minimum atomic E-state index is 0.617. The van der Waals surface area contributed by atoms with E-state index in [0.717, 1.165) is 23.4 Å². The minimum Gasteiger partial charge on any atom is -0.330 e. The molecule has 0 atom stereocenters. The molecule has 78 valence electrons. The summed E-state index contributed by atoms with van der Waals surface area (Å²) in [6.45, 7) is 0.649. The number of hydrogen-bond donors (Lipinski definition) is 1. The fraction of sp³-hybridized carbons (Fsp3) is 0.455. The molecule has 1 aliphatic carbocycles. The van der Waals surface area contributed by atoms with Crippen molar-refractivity contribution >= 4 is 11.2 Å². The quantitative estimate of drug-likeness (QED) is 0.815. The molecule has 0 unspecified atom stereocenters. The van der Waals surface area contributed by atoms with Gasteiger partial charge in [0.1, 0.15) is 11.3 Å². The van der Waals surface area contributed by atoms with Crippen LogP contribution in [0, 0.1) is 0 Å². The monoisotopic (exact) mass is 202 g/mol. The number of hydrogen-bond acceptors (Lipinski definition) is 3. The Morgan fingerprint density at radius 3 is 3.07 bits per heavy atom. The first-order valence-corrected chi connectivity index (χ1v) is 5.42. The van der Waals surface area contributed by atoms with Gasteiger partial charge in [0.05, 0.1) is 0 Å². The first-order valence-electron chi connectivity index (χ1n) is 5.42. The predicted molar refractivity (Wildman–Crippen MR) is 58.6 cm³/mol. The van der Waals surface area contributed by atoms with Gasteiger partial charge in [-0.15, -0.1) is 0 Å². The van der Waals surface area contributed by atoms with Crippen molar-refractivity contribution in [2.45, 2.75) is 25.3 Å². The van der Waals surface area contributed by atoms with Crippen molar-refractivity contribution in [2.24, 2.45) is 5.73 Å². The normalized spacial score (nSPS) is 16.1. The zero-order chi connectivity index (χ0) is 10.3. The standard InChI is InChI=1S/C11H14N4/c12-6-5-10-14-9-2-1-7-13-11(9)15(10)8-3-4-8/h1-2,7-8H,3-6,12H2. The molecular formula is C11H14N4. The lowest BCUT2D eigenvalue weighted by atomic mass is 10.4. The van der Waals surface area contributed by atoms with E-state index in [2.05, 4.69) is 14.5 Å². The van der Waals surface area contributed by atoms with Crippen LogP contribution in [0.4, 0.5) is 0 Å². The van der Waals surface area contributed by atoms with Crippen molar-refractivity contribution in [1.29, 1.82) is 0 Å². The zero-order valence-corrected chi connectivity index (χ0v) is 8.56. The van der Waals surface area contributed by atoms with Gasteiger partial charge in [-0.2, -0.15) is 0 Å². The highest BCUT2D eigenvalue weighted by atomic mass is 15.2. The van der Waals surface area contributed by atoms with Gasteiger partial charge in [-0.05, 0) is 31.5 Å². The molecule has 0 bridgehead atoms. The van der Waals surface area contributed by atoms with Crippen LogP contribution >= 0.6 is 0 Å². The predicted octanol–water partition coefficient (Wildman–Crippen LogP) is 1.27. The lowest BCUT2D eigenvalue weighted by Crippen LogP contribution is -2.09. The third-order valence-electron chi connectivity index (χ3n) is 2.80. The summed E-state index contributed by atoms with van der Waals surface area (Å²) in [5.74, 6) is 1.09. The van der Waals surface area contributed by atoms with Crippen LogP contribution in [0.5, 0.6) is 0 Å². The molecular weight excluding hydrogens is 188 g/mol. The van der Waals surface area contributed by atoms with E-state index in [-0.39, 0.29) is 0 Å². The largest absolute Gasteiger partial charge is 0.330 e. The second-order valence-electron chi connectivity index (χ2n) is 4.01. The van der Waals surface area contributed by atoms with Gasteiger partial charge in [0, 0.05) is 18.7 Å². The fourth-order valence-corrected chi connectivity index (χ4v) is 2.00. The Kier molecular flexibility index (Phi) is 1.95. The second kappa shape index (κ2) is 3.31. The maximum Gasteiger partial charge on any atom is 0.160 e. The molecule has 15 heavy (non-hydrogen) atoms. The number of imidazole rings is 1. The van der Waals surface area contributed by atoms with Crippen LogP contribution in [0.2, 0.25) is 0 Å². The van der Waals surface area contributed by atoms with Crippen LogP contribution in [0.3, 0.4) is 0 Å². The molecule has 0 saturated heterocycles. The van der Waals surface area contributed by atoms with Crippen LogP contribution < -0.4 is 5.73 Å². The third kappa shape index (κ3) is 1.41. The van der Waals surface area contributed by atoms with Gasteiger partial charge in [0.25, 0.3) is 0 Å². The number of fused-ring (bicyclic) bond motifs is 1. The zero-order valence-electron chi connectivity index (χ0n) is 8.56. The molecule has 0 amide bonds. The van der Waals surface area contributed by atoms with E-state index in [1.807, 2.05) is 18.3 Å². The molecule has 0 spiro atoms. The van der Waals surface area contributed by atoms with Crippen molar-refractivity contribution in [2.75, 3.05) is 6.54 Å². The average molecular weight is 202 g/mol. The van der Waals surface area contributed by atoms with E-state index >= 15 is 0 Å². The number of pyridine rings is 1. The van der Waals surface area contributed by atoms with Gasteiger partial charge < -0.3 is 10.3 Å². The Labute approximate surface area is 88.1 Å². The molecule has 2 aromatic heterocycles. The summed E-state index contributed by atoms with van der Waals surface area (Å²) in [5.41, 5.74) is 7.61. The Bertz CT molecular complexity index is 484. The number of nitrogens with zero attached hydrogens (tertiary/aromatic N) is 3. The average Bonchev–Trinajstić information content (AvgIpc) is 3.01. The lowest BCUT2D eigenvalue weighted by molar-refractivity contribution is 0.690. The van der Waals surface area contributed by atoms with Crippen LogP contribution in [0.15, 0.2) is 18.3 Å². The first kappa shape index (κ1) is 8.85. The molecule has 4 heteroatoms. The summed E-state index contributed by atoms with van der Waals surface area (Å²) >= 11 is 0. The van der Waals surface area contributed by atoms with Gasteiger partial charge in [-0.1, -0.05) is 0 Å². The van der Waals surface area contributed by atoms with E-state index in [4.69, 9.17) is 5.73 Å². The highest BCUT2D eigenvalue weighted by molar-refractivity contribution is 5.71. The van der Waals surface area contributed by atoms with E-state index < -0.39 is 0 Å². The SMILES string of the molecule is NCCc1nc2cccnc2n1C1CC1. The molecule has 2 N–H and O–H groups in total. The maximum atomic E-state index is 5.60. The third-order valence-corrected chi connectivity index (χ3v) is 2.80. The highest BCUT2D eigenvalue weighted by Crippen LogP contribution is 2.38. The van der Waals surface area contributed by atoms with Crippen molar-refractivity contribution in [1.82, 2.24) is 14.5 Å². The van der Waals surface area contributed by atoms with E-state index in [0.29, 0.717) is 12.6 Å². The van der Waals surface area contributed by atoms with Gasteiger partial charge >= 0.3 is 0 Å². The molecule has 2 aromatic rings. The van der Waals surface area contributed by atoms with Gasteiger partial charge in [-0.3, -0.25) is 0 Å². The first-order chi connectivity index (χ1) is 7.40. The Morgan fingerprint density at radius 1 is 1.47 bits per heavy atom. The number of aromatic nitrogens is 3. The molecule has 0 aliphatic heterocycles. The summed E-state index contributed by atoms with van der Waals surface area (Å²) in [6.07, 6.45) is 5.17. The summed E-state index contributed by atoms with van der Waals surface area (Å²) < 4.78 is 2.27. The molecule has 4 nitrogen and oxygen atoms in total. The minimum absolute atomic E-state index is 0.617. The Hall–Kier alpha value is -1.42. The van der Waals surface area contributed by atoms with Crippen molar-refractivity contribution in [3.63, 3.8) is 0 Å². The van der Waals surface area contributed by atoms with Gasteiger partial charge in [0.15, 0.2) is 5.65 Å². The van der Waals surface area contributed by atoms with E-state index in [9.17, 15) is 0 Å². The maximum absolute atomic E-state index is 5.60. The Morgan fingerprint density at radius 2 is 2.33 bits per heavy atom. The smallest absolute Gasteiger partial charge is 0.160 e. The van der Waals surface area contributed by atoms with Crippen molar-refractivity contribution in [3.05, 3.63) is 24.2 Å². The van der Waals surface area contributed by atoms with Gasteiger partial charge in [-0.25, -0.2) is 9.97 Å². The molecule has 1 saturated carbocycles. The summed E-state index contributed by atoms with van der Waals surface area (Å²) in [6, 6.07) is 4.56. The summed E-state index contributed by atoms with van der Waals surface area (Å²) in [4.78, 5) is 8.99. The van der Waals surface area contributed by atoms with E-state index in [1.165, 1.54) is 12.8 Å². The van der Waals surface area contributed by atoms with Gasteiger partial charge in [0.2, 0.25) is 0 Å². The summed E-state index contributed by atoms with van der Waals surface area (Å²) in [7, 11) is 0.